The van der Waals surface area contributed by atoms with Crippen molar-refractivity contribution < 1.29 is 69.2 Å². The fraction of sp³-hybridized carbons (Fsp3) is 0.789. The van der Waals surface area contributed by atoms with Crippen molar-refractivity contribution in [3.05, 3.63) is 0 Å². The van der Waals surface area contributed by atoms with Crippen LogP contribution in [0.1, 0.15) is 65.2 Å². The van der Waals surface area contributed by atoms with E-state index in [1.807, 2.05) is 6.92 Å². The van der Waals surface area contributed by atoms with Crippen LogP contribution in [-0.4, -0.2) is 46.0 Å². The minimum absolute atomic E-state index is 0. The van der Waals surface area contributed by atoms with E-state index in [2.05, 4.69) is 0 Å². The number of Topliss-reactive ketones (excluding diaryl/α,β-unsaturated/α-hetero) is 1. The number of ketones is 1. The van der Waals surface area contributed by atoms with Gasteiger partial charge >= 0.3 is 47.5 Å². The third-order valence-electron chi connectivity index (χ3n) is 7.23. The van der Waals surface area contributed by atoms with Crippen molar-refractivity contribution in [3.63, 3.8) is 0 Å². The van der Waals surface area contributed by atoms with Crippen molar-refractivity contribution in [2.24, 2.45) is 21.7 Å². The molecule has 8 nitrogen and oxygen atoms in total. The Balaban J connectivity index is 0.000000264. The van der Waals surface area contributed by atoms with E-state index in [0.29, 0.717) is 32.3 Å². The fourth-order valence-electron chi connectivity index (χ4n) is 5.62. The predicted octanol–water partition coefficient (Wildman–Crippen LogP) is -0.758. The molecule has 3 N–H and O–H groups in total. The number of carbonyl (C=O) groups excluding carboxylic acids is 2. The molecule has 0 amide bonds. The average molecular weight is 406 g/mol. The second kappa shape index (κ2) is 8.05. The zero-order valence-corrected chi connectivity index (χ0v) is 18.7. The van der Waals surface area contributed by atoms with Gasteiger partial charge in [-0.2, -0.15) is 0 Å². The minimum atomic E-state index is -0.822. The first-order valence-corrected chi connectivity index (χ1v) is 9.21. The summed E-state index contributed by atoms with van der Waals surface area (Å²) in [5.74, 6) is -1.49. The van der Waals surface area contributed by atoms with Crippen LogP contribution in [0.15, 0.2) is 0 Å². The van der Waals surface area contributed by atoms with Crippen LogP contribution in [0.5, 0.6) is 0 Å². The Morgan fingerprint density at radius 1 is 0.786 bits per heavy atom. The Kier molecular flexibility index (Phi) is 7.21. The number of ether oxygens (including phenoxy) is 1. The maximum Gasteiger partial charge on any atom is 1.00 e. The smallest absolute Gasteiger partial charge is 0.870 e. The summed E-state index contributed by atoms with van der Waals surface area (Å²) in [6.45, 7) is 3.90. The molecule has 6 aliphatic rings. The molecule has 4 bridgehead atoms. The van der Waals surface area contributed by atoms with Crippen LogP contribution < -0.4 is 29.6 Å². The Morgan fingerprint density at radius 3 is 1.43 bits per heavy atom. The molecule has 0 aromatic heterocycles. The van der Waals surface area contributed by atoms with Crippen molar-refractivity contribution in [2.45, 2.75) is 65.2 Å². The van der Waals surface area contributed by atoms with E-state index in [1.165, 1.54) is 0 Å². The molecular weight excluding hydrogens is 379 g/mol. The monoisotopic (exact) mass is 406 g/mol. The molecule has 0 aromatic rings. The molecule has 0 aromatic carbocycles. The van der Waals surface area contributed by atoms with E-state index in [0.717, 1.165) is 25.7 Å². The quantitative estimate of drug-likeness (QED) is 0.447. The third-order valence-corrected chi connectivity index (χ3v) is 7.23. The maximum atomic E-state index is 11.6. The zero-order chi connectivity index (χ0) is 19.4. The first-order valence-electron chi connectivity index (χ1n) is 9.21. The van der Waals surface area contributed by atoms with Gasteiger partial charge in [0.2, 0.25) is 0 Å². The second-order valence-electron chi connectivity index (χ2n) is 8.72. The first-order chi connectivity index (χ1) is 12.1. The van der Waals surface area contributed by atoms with E-state index in [-0.39, 0.29) is 57.6 Å². The summed E-state index contributed by atoms with van der Waals surface area (Å²) in [5.41, 5.74) is -1.81. The fourth-order valence-corrected chi connectivity index (χ4v) is 5.62. The van der Waals surface area contributed by atoms with Gasteiger partial charge in [-0.1, -0.05) is 0 Å². The molecular formula is C19H27NaO8. The number of esters is 1. The molecule has 0 aliphatic heterocycles. The molecule has 0 spiro atoms. The largest absolute Gasteiger partial charge is 1.00 e. The number of rotatable bonds is 5. The van der Waals surface area contributed by atoms with Gasteiger partial charge in [-0.25, -0.2) is 0 Å². The van der Waals surface area contributed by atoms with E-state index in [4.69, 9.17) is 14.9 Å². The van der Waals surface area contributed by atoms with E-state index >= 15 is 0 Å². The van der Waals surface area contributed by atoms with E-state index in [1.54, 1.807) is 6.92 Å². The molecule has 6 saturated carbocycles. The van der Waals surface area contributed by atoms with Crippen molar-refractivity contribution in [1.29, 1.82) is 0 Å². The summed E-state index contributed by atoms with van der Waals surface area (Å²) in [5, 5.41) is 17.6. The van der Waals surface area contributed by atoms with Crippen LogP contribution in [-0.2, 0) is 23.9 Å². The van der Waals surface area contributed by atoms with Crippen LogP contribution in [0.25, 0.3) is 0 Å². The van der Waals surface area contributed by atoms with Crippen LogP contribution in [0.2, 0.25) is 0 Å². The van der Waals surface area contributed by atoms with Gasteiger partial charge in [-0.05, 0) is 65.2 Å². The van der Waals surface area contributed by atoms with Gasteiger partial charge in [0.25, 0.3) is 0 Å². The summed E-state index contributed by atoms with van der Waals surface area (Å²) < 4.78 is 5.04. The second-order valence-corrected chi connectivity index (χ2v) is 8.72. The summed E-state index contributed by atoms with van der Waals surface area (Å²) in [6.07, 6.45) is 4.92. The molecule has 152 valence electrons. The molecule has 0 saturated heterocycles. The Bertz CT molecular complexity index is 647. The van der Waals surface area contributed by atoms with Gasteiger partial charge in [0, 0.05) is 5.41 Å². The number of hydrogen-bond donors (Lipinski definition) is 2. The van der Waals surface area contributed by atoms with Gasteiger partial charge in [0.1, 0.15) is 5.78 Å². The van der Waals surface area contributed by atoms with Gasteiger partial charge in [0.15, 0.2) is 0 Å². The van der Waals surface area contributed by atoms with Crippen molar-refractivity contribution in [2.75, 3.05) is 6.61 Å². The number of fused-ring (bicyclic) bond motifs is 2. The molecule has 0 atom stereocenters. The number of carboxylic acid groups (broad SMARTS) is 2. The molecule has 0 radical (unpaired) electrons. The van der Waals surface area contributed by atoms with Crippen LogP contribution >= 0.6 is 0 Å². The van der Waals surface area contributed by atoms with Gasteiger partial charge in [0.05, 0.1) is 22.9 Å². The van der Waals surface area contributed by atoms with Gasteiger partial charge < -0.3 is 20.4 Å². The number of carboxylic acids is 2. The van der Waals surface area contributed by atoms with Crippen LogP contribution in [0.4, 0.5) is 0 Å². The standard InChI is InChI=1S/C11H16O3.C8H10O4.Na.H2O/c1-3-14-9(13)11-5-4-10(6-11,7-11)8(2)12;9-5(10)7-1-2-8(3-7,4-7)6(11)12;;/h3-7H2,1-2H3;1-4H2,(H,9,10)(H,11,12);;1H2/q;;+1;/p-1. The predicted molar refractivity (Wildman–Crippen MR) is 91.2 cm³/mol. The average Bonchev–Trinajstić information content (AvgIpc) is 3.24. The number of aliphatic carboxylic acids is 2. The normalized spacial score (nSPS) is 38.2. The summed E-state index contributed by atoms with van der Waals surface area (Å²) in [6, 6.07) is 0. The number of carbonyl (C=O) groups is 4. The first kappa shape index (κ1) is 25.1. The molecule has 28 heavy (non-hydrogen) atoms. The molecule has 6 fully saturated rings. The Labute approximate surface area is 186 Å². The van der Waals surface area contributed by atoms with Gasteiger partial charge in [-0.3, -0.25) is 19.2 Å². The molecule has 9 heteroatoms. The van der Waals surface area contributed by atoms with Crippen molar-refractivity contribution in [1.82, 2.24) is 0 Å². The molecule has 0 heterocycles. The third kappa shape index (κ3) is 3.53. The SMILES string of the molecule is CCOC(=O)C12CCC(C(C)=O)(C1)C2.O=C(O)C12CCC(C(=O)O)(C1)C2.[Na+].[OH-]. The molecule has 6 rings (SSSR count). The maximum absolute atomic E-state index is 11.6. The van der Waals surface area contributed by atoms with Crippen molar-refractivity contribution >= 4 is 23.7 Å². The van der Waals surface area contributed by atoms with E-state index in [9.17, 15) is 19.2 Å². The summed E-state index contributed by atoms with van der Waals surface area (Å²) >= 11 is 0. The summed E-state index contributed by atoms with van der Waals surface area (Å²) in [4.78, 5) is 44.5. The van der Waals surface area contributed by atoms with E-state index < -0.39 is 22.8 Å². The topological polar surface area (TPSA) is 148 Å². The van der Waals surface area contributed by atoms with Crippen LogP contribution in [0, 0.1) is 21.7 Å². The molecule has 6 aliphatic carbocycles. The summed E-state index contributed by atoms with van der Waals surface area (Å²) in [7, 11) is 0. The Morgan fingerprint density at radius 2 is 1.14 bits per heavy atom. The van der Waals surface area contributed by atoms with Crippen molar-refractivity contribution in [3.8, 4) is 0 Å². The molecule has 0 unspecified atom stereocenters. The van der Waals surface area contributed by atoms with Crippen LogP contribution in [0.3, 0.4) is 0 Å². The minimum Gasteiger partial charge on any atom is -0.870 e. The zero-order valence-electron chi connectivity index (χ0n) is 16.7. The van der Waals surface area contributed by atoms with Gasteiger partial charge in [-0.15, -0.1) is 0 Å². The Hall–Kier alpha value is -0.960. The number of hydrogen-bond acceptors (Lipinski definition) is 6.